The maximum Gasteiger partial charge on any atom is 0.341 e. The molecule has 0 aliphatic heterocycles. The third kappa shape index (κ3) is 5.00. The van der Waals surface area contributed by atoms with Crippen molar-refractivity contribution in [3.8, 4) is 5.75 Å². The topological polar surface area (TPSA) is 77.8 Å². The Labute approximate surface area is 195 Å². The lowest BCUT2D eigenvalue weighted by Gasteiger charge is -2.14. The second kappa shape index (κ2) is 9.79. The van der Waals surface area contributed by atoms with Crippen molar-refractivity contribution in [1.82, 2.24) is 0 Å². The summed E-state index contributed by atoms with van der Waals surface area (Å²) < 4.78 is 16.8. The molecule has 0 fully saturated rings. The smallest absolute Gasteiger partial charge is 0.341 e. The number of ether oxygens (including phenoxy) is 2. The van der Waals surface area contributed by atoms with Crippen LogP contribution in [0, 0.1) is 0 Å². The van der Waals surface area contributed by atoms with Crippen molar-refractivity contribution in [2.24, 2.45) is 0 Å². The van der Waals surface area contributed by atoms with E-state index in [1.165, 1.54) is 11.3 Å². The molecular formula is C24H24ClNO5S. The number of halogens is 1. The lowest BCUT2D eigenvalue weighted by Crippen LogP contribution is -2.17. The Bertz CT molecular complexity index is 1130. The van der Waals surface area contributed by atoms with Gasteiger partial charge in [0.2, 0.25) is 0 Å². The van der Waals surface area contributed by atoms with Crippen LogP contribution in [-0.2, 0) is 24.2 Å². The van der Waals surface area contributed by atoms with E-state index in [4.69, 9.17) is 25.5 Å². The van der Waals surface area contributed by atoms with Gasteiger partial charge in [-0.1, -0.05) is 23.7 Å². The second-order valence-corrected chi connectivity index (χ2v) is 9.32. The molecule has 6 nitrogen and oxygen atoms in total. The van der Waals surface area contributed by atoms with Crippen molar-refractivity contribution in [3.05, 3.63) is 68.9 Å². The SMILES string of the molecule is CC(C)OC(=O)c1c(NC(=O)c2ccc(COc3ccccc3Cl)o2)sc2c1CCCC2. The van der Waals surface area contributed by atoms with E-state index >= 15 is 0 Å². The number of carbonyl (C=O) groups is 2. The van der Waals surface area contributed by atoms with Crippen LogP contribution < -0.4 is 10.1 Å². The number of amides is 1. The number of rotatable bonds is 7. The van der Waals surface area contributed by atoms with Gasteiger partial charge in [0.25, 0.3) is 5.91 Å². The van der Waals surface area contributed by atoms with Crippen LogP contribution in [0.1, 0.15) is 63.8 Å². The number of para-hydroxylation sites is 1. The number of esters is 1. The van der Waals surface area contributed by atoms with Gasteiger partial charge in [-0.05, 0) is 69.4 Å². The first-order valence-corrected chi connectivity index (χ1v) is 11.7. The van der Waals surface area contributed by atoms with Crippen molar-refractivity contribution in [2.75, 3.05) is 5.32 Å². The van der Waals surface area contributed by atoms with Crippen LogP contribution in [0.2, 0.25) is 5.02 Å². The number of carbonyl (C=O) groups excluding carboxylic acids is 2. The summed E-state index contributed by atoms with van der Waals surface area (Å²) in [5.74, 6) is 0.334. The van der Waals surface area contributed by atoms with Gasteiger partial charge >= 0.3 is 5.97 Å². The fourth-order valence-corrected chi connectivity index (χ4v) is 5.06. The van der Waals surface area contributed by atoms with Gasteiger partial charge in [0.1, 0.15) is 23.1 Å². The number of furan rings is 1. The van der Waals surface area contributed by atoms with Crippen LogP contribution in [0.25, 0.3) is 0 Å². The van der Waals surface area contributed by atoms with E-state index in [9.17, 15) is 9.59 Å². The predicted molar refractivity (Wildman–Crippen MR) is 124 cm³/mol. The Hall–Kier alpha value is -2.77. The quantitative estimate of drug-likeness (QED) is 0.409. The van der Waals surface area contributed by atoms with Crippen LogP contribution in [0.3, 0.4) is 0 Å². The average molecular weight is 474 g/mol. The van der Waals surface area contributed by atoms with E-state index in [1.807, 2.05) is 26.0 Å². The molecule has 1 amide bonds. The highest BCUT2D eigenvalue weighted by Crippen LogP contribution is 2.39. The lowest BCUT2D eigenvalue weighted by atomic mass is 9.95. The fraction of sp³-hybridized carbons (Fsp3) is 0.333. The van der Waals surface area contributed by atoms with E-state index in [0.29, 0.717) is 27.1 Å². The summed E-state index contributed by atoms with van der Waals surface area (Å²) in [7, 11) is 0. The Balaban J connectivity index is 1.49. The third-order valence-corrected chi connectivity index (χ3v) is 6.56. The minimum Gasteiger partial charge on any atom is -0.484 e. The predicted octanol–water partition coefficient (Wildman–Crippen LogP) is 6.27. The highest BCUT2D eigenvalue weighted by atomic mass is 35.5. The van der Waals surface area contributed by atoms with Crippen LogP contribution >= 0.6 is 22.9 Å². The van der Waals surface area contributed by atoms with Gasteiger partial charge in [0.05, 0.1) is 16.7 Å². The standard InChI is InChI=1S/C24H24ClNO5S/c1-14(2)30-24(28)21-16-7-3-6-10-20(16)32-23(21)26-22(27)19-12-11-15(31-19)13-29-18-9-5-4-8-17(18)25/h4-5,8-9,11-12,14H,3,6-7,10,13H2,1-2H3,(H,26,27). The van der Waals surface area contributed by atoms with Crippen molar-refractivity contribution in [2.45, 2.75) is 52.2 Å². The third-order valence-electron chi connectivity index (χ3n) is 5.04. The summed E-state index contributed by atoms with van der Waals surface area (Å²) in [6.07, 6.45) is 3.57. The molecule has 32 heavy (non-hydrogen) atoms. The van der Waals surface area contributed by atoms with Gasteiger partial charge in [-0.2, -0.15) is 0 Å². The molecule has 2 heterocycles. The van der Waals surface area contributed by atoms with Crippen LogP contribution in [0.15, 0.2) is 40.8 Å². The summed E-state index contributed by atoms with van der Waals surface area (Å²) in [6, 6.07) is 10.4. The van der Waals surface area contributed by atoms with Gasteiger partial charge in [0, 0.05) is 4.88 Å². The first-order valence-electron chi connectivity index (χ1n) is 10.5. The molecule has 1 N–H and O–H groups in total. The Morgan fingerprint density at radius 1 is 1.16 bits per heavy atom. The molecule has 0 saturated carbocycles. The zero-order valence-electron chi connectivity index (χ0n) is 17.9. The molecule has 0 spiro atoms. The molecule has 1 aliphatic carbocycles. The number of nitrogens with one attached hydrogen (secondary N) is 1. The fourth-order valence-electron chi connectivity index (χ4n) is 3.60. The molecule has 8 heteroatoms. The van der Waals surface area contributed by atoms with E-state index in [-0.39, 0.29) is 18.5 Å². The highest BCUT2D eigenvalue weighted by Gasteiger charge is 2.28. The van der Waals surface area contributed by atoms with Gasteiger partial charge in [0.15, 0.2) is 5.76 Å². The highest BCUT2D eigenvalue weighted by molar-refractivity contribution is 7.17. The molecular weight excluding hydrogens is 450 g/mol. The summed E-state index contributed by atoms with van der Waals surface area (Å²) >= 11 is 7.54. The minimum absolute atomic E-state index is 0.135. The molecule has 3 aromatic rings. The van der Waals surface area contributed by atoms with Crippen molar-refractivity contribution >= 4 is 39.8 Å². The number of hydrogen-bond acceptors (Lipinski definition) is 6. The molecule has 0 saturated heterocycles. The molecule has 168 valence electrons. The largest absolute Gasteiger partial charge is 0.484 e. The van der Waals surface area contributed by atoms with E-state index in [0.717, 1.165) is 36.1 Å². The minimum atomic E-state index is -0.425. The van der Waals surface area contributed by atoms with E-state index < -0.39 is 11.9 Å². The van der Waals surface area contributed by atoms with Crippen molar-refractivity contribution < 1.29 is 23.5 Å². The molecule has 1 aromatic carbocycles. The van der Waals surface area contributed by atoms with Crippen LogP contribution in [-0.4, -0.2) is 18.0 Å². The monoisotopic (exact) mass is 473 g/mol. The first-order chi connectivity index (χ1) is 15.4. The zero-order chi connectivity index (χ0) is 22.7. The molecule has 2 aromatic heterocycles. The summed E-state index contributed by atoms with van der Waals surface area (Å²) in [5, 5.41) is 3.87. The van der Waals surface area contributed by atoms with Gasteiger partial charge in [-0.3, -0.25) is 4.79 Å². The maximum absolute atomic E-state index is 12.9. The van der Waals surface area contributed by atoms with Crippen molar-refractivity contribution in [3.63, 3.8) is 0 Å². The average Bonchev–Trinajstić information content (AvgIpc) is 3.37. The Morgan fingerprint density at radius 3 is 2.72 bits per heavy atom. The normalized spacial score (nSPS) is 13.0. The molecule has 0 atom stereocenters. The number of benzene rings is 1. The Morgan fingerprint density at radius 2 is 1.94 bits per heavy atom. The van der Waals surface area contributed by atoms with Gasteiger partial charge < -0.3 is 19.2 Å². The molecule has 1 aliphatic rings. The number of hydrogen-bond donors (Lipinski definition) is 1. The Kier molecular flexibility index (Phi) is 6.86. The van der Waals surface area contributed by atoms with Gasteiger partial charge in [-0.25, -0.2) is 4.79 Å². The van der Waals surface area contributed by atoms with E-state index in [1.54, 1.807) is 24.3 Å². The lowest BCUT2D eigenvalue weighted by molar-refractivity contribution is 0.0378. The summed E-state index contributed by atoms with van der Waals surface area (Å²) in [4.78, 5) is 26.7. The van der Waals surface area contributed by atoms with E-state index in [2.05, 4.69) is 5.32 Å². The van der Waals surface area contributed by atoms with Crippen LogP contribution in [0.4, 0.5) is 5.00 Å². The maximum atomic E-state index is 12.9. The molecule has 0 radical (unpaired) electrons. The van der Waals surface area contributed by atoms with Gasteiger partial charge in [-0.15, -0.1) is 11.3 Å². The molecule has 0 bridgehead atoms. The number of aryl methyl sites for hydroxylation is 1. The first kappa shape index (κ1) is 22.4. The van der Waals surface area contributed by atoms with Crippen LogP contribution in [0.5, 0.6) is 5.75 Å². The summed E-state index contributed by atoms with van der Waals surface area (Å²) in [5.41, 5.74) is 1.47. The number of thiophene rings is 1. The zero-order valence-corrected chi connectivity index (χ0v) is 19.5. The number of anilines is 1. The number of fused-ring (bicyclic) bond motifs is 1. The second-order valence-electron chi connectivity index (χ2n) is 7.81. The molecule has 4 rings (SSSR count). The molecule has 0 unspecified atom stereocenters. The summed E-state index contributed by atoms with van der Waals surface area (Å²) in [6.45, 7) is 3.75. The van der Waals surface area contributed by atoms with Crippen molar-refractivity contribution in [1.29, 1.82) is 0 Å².